The average Bonchev–Trinajstić information content (AvgIpc) is 2.54. The summed E-state index contributed by atoms with van der Waals surface area (Å²) in [7, 11) is 0. The zero-order valence-corrected chi connectivity index (χ0v) is 13.0. The highest BCUT2D eigenvalue weighted by atomic mass is 16.5. The molecule has 0 aliphatic heterocycles. The standard InChI is InChI=1S/C18H21NO3/c1-3-21-17-7-5-6-14(12-17)13-19-16-10-8-15(9-11-16)18(20)22-4-2/h5-12,19H,3-4,13H2,1-2H3. The predicted octanol–water partition coefficient (Wildman–Crippen LogP) is 3.87. The second-order valence-corrected chi connectivity index (χ2v) is 4.73. The lowest BCUT2D eigenvalue weighted by Gasteiger charge is -2.09. The van der Waals surface area contributed by atoms with Gasteiger partial charge in [0, 0.05) is 12.2 Å². The van der Waals surface area contributed by atoms with Gasteiger partial charge in [0.05, 0.1) is 18.8 Å². The molecular formula is C18H21NO3. The fraction of sp³-hybridized carbons (Fsp3) is 0.278. The summed E-state index contributed by atoms with van der Waals surface area (Å²) in [5.41, 5.74) is 2.65. The molecule has 0 heterocycles. The number of anilines is 1. The van der Waals surface area contributed by atoms with Crippen LogP contribution >= 0.6 is 0 Å². The average molecular weight is 299 g/mol. The van der Waals surface area contributed by atoms with Gasteiger partial charge in [0.2, 0.25) is 0 Å². The molecule has 0 saturated heterocycles. The largest absolute Gasteiger partial charge is 0.494 e. The van der Waals surface area contributed by atoms with Crippen LogP contribution < -0.4 is 10.1 Å². The SMILES string of the molecule is CCOC(=O)c1ccc(NCc2cccc(OCC)c2)cc1. The smallest absolute Gasteiger partial charge is 0.338 e. The van der Waals surface area contributed by atoms with Gasteiger partial charge in [0.1, 0.15) is 5.75 Å². The van der Waals surface area contributed by atoms with Gasteiger partial charge in [0.15, 0.2) is 0 Å². The molecule has 0 aromatic heterocycles. The van der Waals surface area contributed by atoms with E-state index in [1.807, 2.05) is 43.3 Å². The van der Waals surface area contributed by atoms with E-state index in [-0.39, 0.29) is 5.97 Å². The highest BCUT2D eigenvalue weighted by Crippen LogP contribution is 2.16. The summed E-state index contributed by atoms with van der Waals surface area (Å²) in [5, 5.41) is 3.32. The Morgan fingerprint density at radius 2 is 1.82 bits per heavy atom. The van der Waals surface area contributed by atoms with Gasteiger partial charge in [-0.15, -0.1) is 0 Å². The second kappa shape index (κ2) is 8.08. The molecule has 4 nitrogen and oxygen atoms in total. The molecule has 0 radical (unpaired) electrons. The Balaban J connectivity index is 1.94. The lowest BCUT2D eigenvalue weighted by atomic mass is 10.2. The highest BCUT2D eigenvalue weighted by molar-refractivity contribution is 5.89. The first-order chi connectivity index (χ1) is 10.7. The summed E-state index contributed by atoms with van der Waals surface area (Å²) < 4.78 is 10.4. The minimum Gasteiger partial charge on any atom is -0.494 e. The first-order valence-electron chi connectivity index (χ1n) is 7.45. The van der Waals surface area contributed by atoms with Crippen molar-refractivity contribution in [1.29, 1.82) is 0 Å². The van der Waals surface area contributed by atoms with Crippen molar-refractivity contribution in [3.05, 3.63) is 59.7 Å². The van der Waals surface area contributed by atoms with Gasteiger partial charge in [-0.25, -0.2) is 4.79 Å². The summed E-state index contributed by atoms with van der Waals surface area (Å²) in [6.07, 6.45) is 0. The van der Waals surface area contributed by atoms with Gasteiger partial charge < -0.3 is 14.8 Å². The Labute approximate surface area is 131 Å². The number of carbonyl (C=O) groups is 1. The zero-order chi connectivity index (χ0) is 15.8. The number of rotatable bonds is 7. The fourth-order valence-electron chi connectivity index (χ4n) is 2.05. The van der Waals surface area contributed by atoms with Crippen LogP contribution in [0, 0.1) is 0 Å². The van der Waals surface area contributed by atoms with Gasteiger partial charge in [-0.1, -0.05) is 12.1 Å². The molecule has 0 fully saturated rings. The first-order valence-corrected chi connectivity index (χ1v) is 7.45. The van der Waals surface area contributed by atoms with E-state index in [0.29, 0.717) is 25.3 Å². The van der Waals surface area contributed by atoms with E-state index in [9.17, 15) is 4.79 Å². The molecule has 2 aromatic carbocycles. The second-order valence-electron chi connectivity index (χ2n) is 4.73. The lowest BCUT2D eigenvalue weighted by Crippen LogP contribution is -2.05. The van der Waals surface area contributed by atoms with E-state index in [1.54, 1.807) is 19.1 Å². The monoisotopic (exact) mass is 299 g/mol. The number of ether oxygens (including phenoxy) is 2. The Bertz CT molecular complexity index is 608. The van der Waals surface area contributed by atoms with Crippen molar-refractivity contribution in [2.24, 2.45) is 0 Å². The van der Waals surface area contributed by atoms with Gasteiger partial charge >= 0.3 is 5.97 Å². The van der Waals surface area contributed by atoms with E-state index in [1.165, 1.54) is 0 Å². The topological polar surface area (TPSA) is 47.6 Å². The van der Waals surface area contributed by atoms with E-state index >= 15 is 0 Å². The van der Waals surface area contributed by atoms with E-state index in [4.69, 9.17) is 9.47 Å². The summed E-state index contributed by atoms with van der Waals surface area (Å²) in [6, 6.07) is 15.3. The molecule has 0 atom stereocenters. The molecule has 2 rings (SSSR count). The Morgan fingerprint density at radius 3 is 2.50 bits per heavy atom. The normalized spacial score (nSPS) is 10.1. The van der Waals surface area contributed by atoms with Crippen molar-refractivity contribution in [3.8, 4) is 5.75 Å². The summed E-state index contributed by atoms with van der Waals surface area (Å²) in [5.74, 6) is 0.581. The molecule has 116 valence electrons. The molecule has 0 spiro atoms. The van der Waals surface area contributed by atoms with Crippen LogP contribution in [0.4, 0.5) is 5.69 Å². The maximum Gasteiger partial charge on any atom is 0.338 e. The minimum atomic E-state index is -0.293. The highest BCUT2D eigenvalue weighted by Gasteiger charge is 2.05. The van der Waals surface area contributed by atoms with Crippen molar-refractivity contribution >= 4 is 11.7 Å². The van der Waals surface area contributed by atoms with Gasteiger partial charge in [-0.05, 0) is 55.8 Å². The predicted molar refractivity (Wildman–Crippen MR) is 87.3 cm³/mol. The Morgan fingerprint density at radius 1 is 1.05 bits per heavy atom. The van der Waals surface area contributed by atoms with Crippen LogP contribution in [0.25, 0.3) is 0 Å². The molecule has 1 N–H and O–H groups in total. The zero-order valence-electron chi connectivity index (χ0n) is 13.0. The number of hydrogen-bond acceptors (Lipinski definition) is 4. The number of carbonyl (C=O) groups excluding carboxylic acids is 1. The molecule has 0 aliphatic carbocycles. The number of esters is 1. The number of hydrogen-bond donors (Lipinski definition) is 1. The third-order valence-electron chi connectivity index (χ3n) is 3.10. The van der Waals surface area contributed by atoms with Crippen LogP contribution in [0.3, 0.4) is 0 Å². The molecule has 2 aromatic rings. The molecule has 0 bridgehead atoms. The molecule has 0 aliphatic rings. The molecule has 0 saturated carbocycles. The van der Waals surface area contributed by atoms with Crippen LogP contribution in [-0.4, -0.2) is 19.2 Å². The van der Waals surface area contributed by atoms with E-state index in [0.717, 1.165) is 17.0 Å². The van der Waals surface area contributed by atoms with Crippen LogP contribution in [-0.2, 0) is 11.3 Å². The third-order valence-corrected chi connectivity index (χ3v) is 3.10. The van der Waals surface area contributed by atoms with Gasteiger partial charge in [0.25, 0.3) is 0 Å². The fourth-order valence-corrected chi connectivity index (χ4v) is 2.05. The lowest BCUT2D eigenvalue weighted by molar-refractivity contribution is 0.0526. The number of benzene rings is 2. The summed E-state index contributed by atoms with van der Waals surface area (Å²) >= 11 is 0. The third kappa shape index (κ3) is 4.52. The Kier molecular flexibility index (Phi) is 5.83. The summed E-state index contributed by atoms with van der Waals surface area (Å²) in [6.45, 7) is 5.50. The van der Waals surface area contributed by atoms with Crippen molar-refractivity contribution < 1.29 is 14.3 Å². The van der Waals surface area contributed by atoms with E-state index in [2.05, 4.69) is 5.32 Å². The van der Waals surface area contributed by atoms with Crippen LogP contribution in [0.15, 0.2) is 48.5 Å². The first kappa shape index (κ1) is 15.9. The quantitative estimate of drug-likeness (QED) is 0.788. The van der Waals surface area contributed by atoms with Crippen LogP contribution in [0.1, 0.15) is 29.8 Å². The maximum atomic E-state index is 11.6. The van der Waals surface area contributed by atoms with E-state index < -0.39 is 0 Å². The maximum absolute atomic E-state index is 11.6. The molecule has 0 unspecified atom stereocenters. The van der Waals surface area contributed by atoms with Crippen LogP contribution in [0.5, 0.6) is 5.75 Å². The molecule has 22 heavy (non-hydrogen) atoms. The minimum absolute atomic E-state index is 0.293. The van der Waals surface area contributed by atoms with Crippen molar-refractivity contribution in [3.63, 3.8) is 0 Å². The van der Waals surface area contributed by atoms with Crippen LogP contribution in [0.2, 0.25) is 0 Å². The summed E-state index contributed by atoms with van der Waals surface area (Å²) in [4.78, 5) is 11.6. The Hall–Kier alpha value is -2.49. The molecule has 4 heteroatoms. The van der Waals surface area contributed by atoms with Gasteiger partial charge in [-0.3, -0.25) is 0 Å². The van der Waals surface area contributed by atoms with Crippen molar-refractivity contribution in [2.45, 2.75) is 20.4 Å². The molecule has 0 amide bonds. The van der Waals surface area contributed by atoms with Crippen molar-refractivity contribution in [1.82, 2.24) is 0 Å². The van der Waals surface area contributed by atoms with Gasteiger partial charge in [-0.2, -0.15) is 0 Å². The number of nitrogens with one attached hydrogen (secondary N) is 1. The molecular weight excluding hydrogens is 278 g/mol. The van der Waals surface area contributed by atoms with Crippen molar-refractivity contribution in [2.75, 3.05) is 18.5 Å².